The zero-order valence-electron chi connectivity index (χ0n) is 36.1. The van der Waals surface area contributed by atoms with Gasteiger partial charge in [0, 0.05) is 39.0 Å². The maximum atomic E-state index is 6.80. The standard InChI is InChI=1S/C63H43ClN2/c64-51-26-17-31-54(42-51)65(52-27-9-3-10-28-52)55-40-48(47-36-35-44-19-13-14-21-46(44)39-47)41-56(43-55)66(53-29-11-4-12-30-53)60-34-18-33-59-61(60)58-38-37-45-20-15-16-32-57(45)62(58)63(59,49-22-5-1-6-23-49)50-24-7-2-8-25-50/h1-43H. The first kappa shape index (κ1) is 39.4. The van der Waals surface area contributed by atoms with E-state index in [2.05, 4.69) is 252 Å². The molecule has 0 N–H and O–H groups in total. The van der Waals surface area contributed by atoms with Gasteiger partial charge in [0.2, 0.25) is 0 Å². The van der Waals surface area contributed by atoms with E-state index < -0.39 is 5.41 Å². The highest BCUT2D eigenvalue weighted by Gasteiger charge is 2.48. The minimum Gasteiger partial charge on any atom is -0.310 e. The molecule has 0 fully saturated rings. The van der Waals surface area contributed by atoms with Crippen molar-refractivity contribution in [3.8, 4) is 22.3 Å². The van der Waals surface area contributed by atoms with Gasteiger partial charge in [-0.05, 0) is 133 Å². The third-order valence-corrected chi connectivity index (χ3v) is 13.5. The van der Waals surface area contributed by atoms with Crippen LogP contribution in [0.15, 0.2) is 261 Å². The summed E-state index contributed by atoms with van der Waals surface area (Å²) >= 11 is 6.80. The average molecular weight is 864 g/mol. The van der Waals surface area contributed by atoms with Gasteiger partial charge in [0.15, 0.2) is 0 Å². The lowest BCUT2D eigenvalue weighted by Crippen LogP contribution is -2.29. The van der Waals surface area contributed by atoms with Gasteiger partial charge in [-0.2, -0.15) is 0 Å². The summed E-state index contributed by atoms with van der Waals surface area (Å²) in [6, 6.07) is 94.6. The van der Waals surface area contributed by atoms with E-state index in [1.807, 2.05) is 18.2 Å². The Morgan fingerprint density at radius 2 is 0.879 bits per heavy atom. The van der Waals surface area contributed by atoms with E-state index in [0.717, 1.165) is 45.3 Å². The maximum Gasteiger partial charge on any atom is 0.0720 e. The van der Waals surface area contributed by atoms with Crippen LogP contribution >= 0.6 is 11.6 Å². The largest absolute Gasteiger partial charge is 0.310 e. The molecule has 0 atom stereocenters. The second-order valence-electron chi connectivity index (χ2n) is 17.0. The van der Waals surface area contributed by atoms with Crippen molar-refractivity contribution in [1.82, 2.24) is 0 Å². The summed E-state index contributed by atoms with van der Waals surface area (Å²) in [6.07, 6.45) is 0. The van der Waals surface area contributed by atoms with Gasteiger partial charge in [-0.3, -0.25) is 0 Å². The fourth-order valence-corrected chi connectivity index (χ4v) is 10.7. The average Bonchev–Trinajstić information content (AvgIpc) is 3.70. The summed E-state index contributed by atoms with van der Waals surface area (Å²) in [6.45, 7) is 0. The molecule has 0 amide bonds. The van der Waals surface area contributed by atoms with Gasteiger partial charge in [-0.1, -0.05) is 200 Å². The topological polar surface area (TPSA) is 6.48 Å². The van der Waals surface area contributed by atoms with E-state index >= 15 is 0 Å². The normalized spacial score (nSPS) is 12.4. The highest BCUT2D eigenvalue weighted by atomic mass is 35.5. The van der Waals surface area contributed by atoms with E-state index in [1.165, 1.54) is 54.9 Å². The zero-order chi connectivity index (χ0) is 44.0. The van der Waals surface area contributed by atoms with Gasteiger partial charge >= 0.3 is 0 Å². The molecule has 0 unspecified atom stereocenters. The quantitative estimate of drug-likeness (QED) is 0.143. The molecule has 0 aromatic heterocycles. The molecule has 0 heterocycles. The van der Waals surface area contributed by atoms with Crippen LogP contribution in [-0.4, -0.2) is 0 Å². The number of hydrogen-bond donors (Lipinski definition) is 0. The Morgan fingerprint density at radius 1 is 0.333 bits per heavy atom. The van der Waals surface area contributed by atoms with Crippen LogP contribution in [0.25, 0.3) is 43.8 Å². The predicted octanol–water partition coefficient (Wildman–Crippen LogP) is 17.6. The Labute approximate surface area is 390 Å². The summed E-state index contributed by atoms with van der Waals surface area (Å²) in [7, 11) is 0. The van der Waals surface area contributed by atoms with Gasteiger partial charge in [0.1, 0.15) is 0 Å². The van der Waals surface area contributed by atoms with Gasteiger partial charge in [0.25, 0.3) is 0 Å². The minimum absolute atomic E-state index is 0.610. The van der Waals surface area contributed by atoms with Crippen molar-refractivity contribution in [3.63, 3.8) is 0 Å². The Kier molecular flexibility index (Phi) is 9.81. The van der Waals surface area contributed by atoms with Crippen LogP contribution in [0.2, 0.25) is 5.02 Å². The number of fused-ring (bicyclic) bond motifs is 6. The highest BCUT2D eigenvalue weighted by molar-refractivity contribution is 6.30. The number of halogens is 1. The Hall–Kier alpha value is -8.17. The molecule has 1 aliphatic rings. The van der Waals surface area contributed by atoms with Gasteiger partial charge in [-0.15, -0.1) is 0 Å². The number of hydrogen-bond acceptors (Lipinski definition) is 2. The van der Waals surface area contributed by atoms with Crippen molar-refractivity contribution >= 4 is 67.3 Å². The minimum atomic E-state index is -0.610. The molecule has 0 saturated heterocycles. The lowest BCUT2D eigenvalue weighted by molar-refractivity contribution is 0.775. The Morgan fingerprint density at radius 3 is 1.56 bits per heavy atom. The SMILES string of the molecule is Clc1cccc(N(c2ccccc2)c2cc(-c3ccc4ccccc4c3)cc(N(c3ccccc3)c3cccc4c3-c3ccc5ccccc5c3C4(c3ccccc3)c3ccccc3)c2)c1. The first-order valence-corrected chi connectivity index (χ1v) is 22.9. The number of nitrogens with zero attached hydrogens (tertiary/aromatic N) is 2. The molecule has 1 aliphatic carbocycles. The van der Waals surface area contributed by atoms with Crippen LogP contribution in [-0.2, 0) is 5.41 Å². The van der Waals surface area contributed by atoms with E-state index in [1.54, 1.807) is 0 Å². The van der Waals surface area contributed by atoms with Crippen LogP contribution in [0.3, 0.4) is 0 Å². The van der Waals surface area contributed by atoms with Crippen molar-refractivity contribution in [2.45, 2.75) is 5.41 Å². The van der Waals surface area contributed by atoms with Crippen molar-refractivity contribution in [2.75, 3.05) is 9.80 Å². The van der Waals surface area contributed by atoms with Gasteiger partial charge < -0.3 is 9.80 Å². The third kappa shape index (κ3) is 6.57. The smallest absolute Gasteiger partial charge is 0.0720 e. The predicted molar refractivity (Wildman–Crippen MR) is 279 cm³/mol. The van der Waals surface area contributed by atoms with E-state index in [0.29, 0.717) is 5.02 Å². The van der Waals surface area contributed by atoms with Crippen LogP contribution in [0.5, 0.6) is 0 Å². The highest BCUT2D eigenvalue weighted by Crippen LogP contribution is 2.61. The van der Waals surface area contributed by atoms with Crippen LogP contribution in [0.4, 0.5) is 34.1 Å². The van der Waals surface area contributed by atoms with E-state index in [4.69, 9.17) is 11.6 Å². The number of para-hydroxylation sites is 2. The molecule has 0 spiro atoms. The fraction of sp³-hybridized carbons (Fsp3) is 0.0159. The molecule has 0 radical (unpaired) electrons. The van der Waals surface area contributed by atoms with E-state index in [9.17, 15) is 0 Å². The van der Waals surface area contributed by atoms with Gasteiger partial charge in [0.05, 0.1) is 11.1 Å². The second kappa shape index (κ2) is 16.4. The number of benzene rings is 11. The first-order chi connectivity index (χ1) is 32.6. The van der Waals surface area contributed by atoms with Crippen molar-refractivity contribution in [1.29, 1.82) is 0 Å². The second-order valence-corrected chi connectivity index (χ2v) is 17.4. The molecule has 12 rings (SSSR count). The maximum absolute atomic E-state index is 6.80. The molecular weight excluding hydrogens is 820 g/mol. The van der Waals surface area contributed by atoms with Crippen LogP contribution in [0, 0.1) is 0 Å². The lowest BCUT2D eigenvalue weighted by atomic mass is 9.66. The molecular formula is C63H43ClN2. The lowest BCUT2D eigenvalue weighted by Gasteiger charge is -2.35. The molecule has 0 bridgehead atoms. The molecule has 2 nitrogen and oxygen atoms in total. The Bertz CT molecular complexity index is 3510. The summed E-state index contributed by atoms with van der Waals surface area (Å²) in [5.41, 5.74) is 15.3. The third-order valence-electron chi connectivity index (χ3n) is 13.3. The summed E-state index contributed by atoms with van der Waals surface area (Å²) < 4.78 is 0. The molecule has 312 valence electrons. The monoisotopic (exact) mass is 862 g/mol. The van der Waals surface area contributed by atoms with Crippen molar-refractivity contribution in [3.05, 3.63) is 288 Å². The molecule has 11 aromatic rings. The van der Waals surface area contributed by atoms with E-state index in [-0.39, 0.29) is 0 Å². The Balaban J connectivity index is 1.19. The van der Waals surface area contributed by atoms with Gasteiger partial charge in [-0.25, -0.2) is 0 Å². The van der Waals surface area contributed by atoms with Crippen molar-refractivity contribution < 1.29 is 0 Å². The number of rotatable bonds is 9. The summed E-state index contributed by atoms with van der Waals surface area (Å²) in [5, 5.41) is 5.55. The molecule has 0 saturated carbocycles. The fourth-order valence-electron chi connectivity index (χ4n) is 10.5. The summed E-state index contributed by atoms with van der Waals surface area (Å²) in [4.78, 5) is 4.79. The first-order valence-electron chi connectivity index (χ1n) is 22.5. The van der Waals surface area contributed by atoms with Crippen molar-refractivity contribution in [2.24, 2.45) is 0 Å². The van der Waals surface area contributed by atoms with Crippen LogP contribution in [0.1, 0.15) is 22.3 Å². The molecule has 3 heteroatoms. The molecule has 0 aliphatic heterocycles. The number of anilines is 6. The summed E-state index contributed by atoms with van der Waals surface area (Å²) in [5.74, 6) is 0. The molecule has 11 aromatic carbocycles. The molecule has 66 heavy (non-hydrogen) atoms. The zero-order valence-corrected chi connectivity index (χ0v) is 36.9. The van der Waals surface area contributed by atoms with Crippen LogP contribution < -0.4 is 9.80 Å².